The van der Waals surface area contributed by atoms with Crippen molar-refractivity contribution in [1.82, 2.24) is 10.2 Å². The van der Waals surface area contributed by atoms with Crippen LogP contribution < -0.4 is 10.6 Å². The summed E-state index contributed by atoms with van der Waals surface area (Å²) in [6.07, 6.45) is 2.90. The summed E-state index contributed by atoms with van der Waals surface area (Å²) in [6.45, 7) is 0. The van der Waals surface area contributed by atoms with Gasteiger partial charge in [-0.3, -0.25) is 14.7 Å². The molecule has 1 aliphatic rings. The topological polar surface area (TPSA) is 92.1 Å². The van der Waals surface area contributed by atoms with E-state index in [2.05, 4.69) is 10.2 Å². The van der Waals surface area contributed by atoms with Crippen LogP contribution in [0.5, 0.6) is 0 Å². The number of anilines is 2. The lowest BCUT2D eigenvalue weighted by Crippen LogP contribution is -2.29. The largest absolute Gasteiger partial charge is 0.398 e. The minimum Gasteiger partial charge on any atom is -0.398 e. The first-order chi connectivity index (χ1) is 8.20. The van der Waals surface area contributed by atoms with E-state index in [1.54, 1.807) is 18.2 Å². The Morgan fingerprint density at radius 3 is 2.71 bits per heavy atom. The highest BCUT2D eigenvalue weighted by atomic mass is 16.2. The number of amides is 2. The third-order valence-electron chi connectivity index (χ3n) is 2.69. The number of nitrogens with one attached hydrogen (secondary N) is 1. The van der Waals surface area contributed by atoms with Gasteiger partial charge in [-0.15, -0.1) is 0 Å². The number of hydrogen-bond donors (Lipinski definition) is 2. The van der Waals surface area contributed by atoms with Gasteiger partial charge >= 0.3 is 0 Å². The second-order valence-electron chi connectivity index (χ2n) is 3.67. The molecule has 1 aromatic heterocycles. The highest BCUT2D eigenvalue weighted by Crippen LogP contribution is 2.30. The van der Waals surface area contributed by atoms with Crippen LogP contribution in [0, 0.1) is 0 Å². The van der Waals surface area contributed by atoms with Crippen LogP contribution in [0.25, 0.3) is 0 Å². The quantitative estimate of drug-likeness (QED) is 0.557. The molecule has 84 valence electrons. The number of aromatic nitrogens is 2. The van der Waals surface area contributed by atoms with Gasteiger partial charge in [0, 0.05) is 11.9 Å². The van der Waals surface area contributed by atoms with Crippen molar-refractivity contribution in [3.8, 4) is 0 Å². The summed E-state index contributed by atoms with van der Waals surface area (Å²) in [6, 6.07) is 4.84. The normalized spacial score (nSPS) is 14.2. The van der Waals surface area contributed by atoms with Crippen LogP contribution in [0.2, 0.25) is 0 Å². The Morgan fingerprint density at radius 2 is 2.06 bits per heavy atom. The molecule has 1 aliphatic heterocycles. The van der Waals surface area contributed by atoms with Gasteiger partial charge in [0.2, 0.25) is 0 Å². The molecule has 0 fully saturated rings. The maximum Gasteiger partial charge on any atom is 0.268 e. The van der Waals surface area contributed by atoms with Crippen molar-refractivity contribution in [2.75, 3.05) is 10.6 Å². The average Bonchev–Trinajstić information content (AvgIpc) is 2.88. The van der Waals surface area contributed by atoms with E-state index < -0.39 is 5.91 Å². The molecule has 0 spiro atoms. The molecular weight excluding hydrogens is 220 g/mol. The minimum absolute atomic E-state index is 0.263. The summed E-state index contributed by atoms with van der Waals surface area (Å²) in [7, 11) is 0. The number of carbonyl (C=O) groups excluding carboxylic acids is 2. The van der Waals surface area contributed by atoms with E-state index in [0.717, 1.165) is 4.90 Å². The Balaban J connectivity index is 2.19. The van der Waals surface area contributed by atoms with Crippen molar-refractivity contribution in [3.05, 3.63) is 41.7 Å². The van der Waals surface area contributed by atoms with E-state index in [1.807, 2.05) is 0 Å². The van der Waals surface area contributed by atoms with Crippen LogP contribution in [-0.2, 0) is 0 Å². The standard InChI is InChI=1S/C11H8N4O2/c12-8-3-1-2-7-9(8)11(17)15(10(7)16)6-4-13-14-5-6/h1-5H,12H2,(H,13,14). The van der Waals surface area contributed by atoms with Gasteiger partial charge in [0.15, 0.2) is 0 Å². The van der Waals surface area contributed by atoms with E-state index in [-0.39, 0.29) is 11.5 Å². The van der Waals surface area contributed by atoms with Crippen LogP contribution in [0.3, 0.4) is 0 Å². The summed E-state index contributed by atoms with van der Waals surface area (Å²) >= 11 is 0. The highest BCUT2D eigenvalue weighted by molar-refractivity contribution is 6.35. The molecule has 3 rings (SSSR count). The van der Waals surface area contributed by atoms with Gasteiger partial charge in [0.1, 0.15) is 0 Å². The third kappa shape index (κ3) is 1.17. The van der Waals surface area contributed by atoms with E-state index in [1.165, 1.54) is 12.4 Å². The van der Waals surface area contributed by atoms with E-state index in [0.29, 0.717) is 16.9 Å². The zero-order valence-corrected chi connectivity index (χ0v) is 8.68. The molecular formula is C11H8N4O2. The van der Waals surface area contributed by atoms with Crippen LogP contribution >= 0.6 is 0 Å². The first kappa shape index (κ1) is 9.59. The number of aromatic amines is 1. The first-order valence-corrected chi connectivity index (χ1v) is 4.96. The maximum absolute atomic E-state index is 12.1. The van der Waals surface area contributed by atoms with Crippen molar-refractivity contribution < 1.29 is 9.59 Å². The number of nitrogens with two attached hydrogens (primary N) is 1. The Labute approximate surface area is 96.0 Å². The summed E-state index contributed by atoms with van der Waals surface area (Å²) in [5, 5.41) is 6.28. The molecule has 6 heteroatoms. The van der Waals surface area contributed by atoms with Gasteiger partial charge < -0.3 is 5.73 Å². The van der Waals surface area contributed by atoms with Crippen LogP contribution in [0.4, 0.5) is 11.4 Å². The zero-order valence-electron chi connectivity index (χ0n) is 8.68. The number of nitrogen functional groups attached to an aromatic ring is 1. The predicted molar refractivity (Wildman–Crippen MR) is 60.6 cm³/mol. The molecule has 0 saturated carbocycles. The lowest BCUT2D eigenvalue weighted by atomic mass is 10.1. The molecule has 2 aromatic rings. The lowest BCUT2D eigenvalue weighted by Gasteiger charge is -2.09. The summed E-state index contributed by atoms with van der Waals surface area (Å²) in [5.74, 6) is -0.789. The number of nitrogens with zero attached hydrogens (tertiary/aromatic N) is 2. The number of imide groups is 1. The van der Waals surface area contributed by atoms with Crippen LogP contribution in [0.1, 0.15) is 20.7 Å². The van der Waals surface area contributed by atoms with Gasteiger partial charge in [0.25, 0.3) is 11.8 Å². The molecule has 2 amide bonds. The van der Waals surface area contributed by atoms with Gasteiger partial charge in [-0.2, -0.15) is 5.10 Å². The molecule has 0 bridgehead atoms. The number of fused-ring (bicyclic) bond motifs is 1. The van der Waals surface area contributed by atoms with Crippen molar-refractivity contribution in [1.29, 1.82) is 0 Å². The second kappa shape index (κ2) is 3.18. The first-order valence-electron chi connectivity index (χ1n) is 4.96. The van der Waals surface area contributed by atoms with E-state index in [4.69, 9.17) is 5.73 Å². The van der Waals surface area contributed by atoms with Crippen molar-refractivity contribution in [3.63, 3.8) is 0 Å². The summed E-state index contributed by atoms with van der Waals surface area (Å²) in [4.78, 5) is 25.2. The maximum atomic E-state index is 12.1. The third-order valence-corrected chi connectivity index (χ3v) is 2.69. The molecule has 3 N–H and O–H groups in total. The highest BCUT2D eigenvalue weighted by Gasteiger charge is 2.38. The SMILES string of the molecule is Nc1cccc2c1C(=O)N(c1cn[nH]c1)C2=O. The molecule has 6 nitrogen and oxygen atoms in total. The molecule has 0 saturated heterocycles. The summed E-state index contributed by atoms with van der Waals surface area (Å²) < 4.78 is 0. The smallest absolute Gasteiger partial charge is 0.268 e. The van der Waals surface area contributed by atoms with Crippen LogP contribution in [-0.4, -0.2) is 22.0 Å². The zero-order chi connectivity index (χ0) is 12.0. The Morgan fingerprint density at radius 1 is 1.24 bits per heavy atom. The Hall–Kier alpha value is -2.63. The summed E-state index contributed by atoms with van der Waals surface area (Å²) in [5.41, 5.74) is 7.03. The number of benzene rings is 1. The van der Waals surface area contributed by atoms with Gasteiger partial charge in [-0.05, 0) is 12.1 Å². The van der Waals surface area contributed by atoms with Crippen molar-refractivity contribution in [2.24, 2.45) is 0 Å². The molecule has 0 unspecified atom stereocenters. The number of carbonyl (C=O) groups is 2. The van der Waals surface area contributed by atoms with E-state index >= 15 is 0 Å². The Kier molecular flexibility index (Phi) is 1.79. The fourth-order valence-corrected chi connectivity index (χ4v) is 1.91. The van der Waals surface area contributed by atoms with Crippen molar-refractivity contribution in [2.45, 2.75) is 0 Å². The molecule has 1 aromatic carbocycles. The molecule has 2 heterocycles. The Bertz CT molecular complexity index is 618. The van der Waals surface area contributed by atoms with Gasteiger partial charge in [-0.25, -0.2) is 4.90 Å². The van der Waals surface area contributed by atoms with Crippen LogP contribution in [0.15, 0.2) is 30.6 Å². The number of rotatable bonds is 1. The molecule has 0 radical (unpaired) electrons. The average molecular weight is 228 g/mol. The molecule has 17 heavy (non-hydrogen) atoms. The van der Waals surface area contributed by atoms with Gasteiger partial charge in [0.05, 0.1) is 23.0 Å². The van der Waals surface area contributed by atoms with Crippen molar-refractivity contribution >= 4 is 23.2 Å². The molecule has 0 aliphatic carbocycles. The molecule has 0 atom stereocenters. The fraction of sp³-hybridized carbons (Fsp3) is 0. The fourth-order valence-electron chi connectivity index (χ4n) is 1.91. The number of H-pyrrole nitrogens is 1. The van der Waals surface area contributed by atoms with Gasteiger partial charge in [-0.1, -0.05) is 6.07 Å². The monoisotopic (exact) mass is 228 g/mol. The lowest BCUT2D eigenvalue weighted by molar-refractivity contribution is 0.0926. The minimum atomic E-state index is -0.412. The second-order valence-corrected chi connectivity index (χ2v) is 3.67. The number of hydrogen-bond acceptors (Lipinski definition) is 4. The predicted octanol–water partition coefficient (Wildman–Crippen LogP) is 0.792. The van der Waals surface area contributed by atoms with E-state index in [9.17, 15) is 9.59 Å².